The molecule has 0 saturated carbocycles. The highest BCUT2D eigenvalue weighted by Crippen LogP contribution is 2.17. The molecule has 0 spiro atoms. The quantitative estimate of drug-likeness (QED) is 0.747. The van der Waals surface area contributed by atoms with Gasteiger partial charge in [0.1, 0.15) is 11.9 Å². The van der Waals surface area contributed by atoms with Crippen molar-refractivity contribution in [3.05, 3.63) is 42.2 Å². The number of aliphatic hydroxyl groups excluding tert-OH is 1. The van der Waals surface area contributed by atoms with Crippen molar-refractivity contribution >= 4 is 5.69 Å². The SMILES string of the molecule is C=CC[C@@H](CO)Nc1ccc(F)cc1C#N. The van der Waals surface area contributed by atoms with Crippen molar-refractivity contribution in [2.45, 2.75) is 12.5 Å². The average Bonchev–Trinajstić information content (AvgIpc) is 2.30. The van der Waals surface area contributed by atoms with E-state index in [1.165, 1.54) is 12.1 Å². The van der Waals surface area contributed by atoms with Crippen LogP contribution in [0.1, 0.15) is 12.0 Å². The number of rotatable bonds is 5. The van der Waals surface area contributed by atoms with Crippen LogP contribution in [-0.4, -0.2) is 17.8 Å². The fraction of sp³-hybridized carbons (Fsp3) is 0.250. The monoisotopic (exact) mass is 220 g/mol. The maximum absolute atomic E-state index is 12.9. The fourth-order valence-electron chi connectivity index (χ4n) is 1.34. The van der Waals surface area contributed by atoms with Gasteiger partial charge in [0, 0.05) is 0 Å². The first-order valence-corrected chi connectivity index (χ1v) is 4.89. The van der Waals surface area contributed by atoms with Crippen molar-refractivity contribution in [1.82, 2.24) is 0 Å². The zero-order valence-corrected chi connectivity index (χ0v) is 8.78. The minimum absolute atomic E-state index is 0.0751. The van der Waals surface area contributed by atoms with E-state index in [-0.39, 0.29) is 18.2 Å². The lowest BCUT2D eigenvalue weighted by Gasteiger charge is -2.16. The number of hydrogen-bond donors (Lipinski definition) is 2. The van der Waals surface area contributed by atoms with Gasteiger partial charge in [0.15, 0.2) is 0 Å². The van der Waals surface area contributed by atoms with Crippen molar-refractivity contribution in [3.8, 4) is 6.07 Å². The molecule has 0 radical (unpaired) electrons. The Hall–Kier alpha value is -1.86. The molecule has 0 saturated heterocycles. The molecule has 2 N–H and O–H groups in total. The first-order chi connectivity index (χ1) is 7.71. The van der Waals surface area contributed by atoms with Gasteiger partial charge < -0.3 is 10.4 Å². The molecule has 0 heterocycles. The van der Waals surface area contributed by atoms with E-state index in [1.54, 1.807) is 6.08 Å². The highest BCUT2D eigenvalue weighted by atomic mass is 19.1. The largest absolute Gasteiger partial charge is 0.394 e. The second-order valence-corrected chi connectivity index (χ2v) is 3.35. The van der Waals surface area contributed by atoms with E-state index in [0.29, 0.717) is 12.1 Å². The Balaban J connectivity index is 2.87. The van der Waals surface area contributed by atoms with Crippen LogP contribution in [0, 0.1) is 17.1 Å². The van der Waals surface area contributed by atoms with Crippen LogP contribution in [0.3, 0.4) is 0 Å². The second-order valence-electron chi connectivity index (χ2n) is 3.35. The van der Waals surface area contributed by atoms with Gasteiger partial charge >= 0.3 is 0 Å². The molecule has 3 nitrogen and oxygen atoms in total. The zero-order chi connectivity index (χ0) is 12.0. The highest BCUT2D eigenvalue weighted by molar-refractivity contribution is 5.57. The molecule has 0 aliphatic rings. The van der Waals surface area contributed by atoms with Crippen LogP contribution in [-0.2, 0) is 0 Å². The van der Waals surface area contributed by atoms with Crippen LogP contribution in [0.5, 0.6) is 0 Å². The summed E-state index contributed by atoms with van der Waals surface area (Å²) in [6.07, 6.45) is 2.24. The summed E-state index contributed by atoms with van der Waals surface area (Å²) in [5.74, 6) is -0.452. The van der Waals surface area contributed by atoms with Crippen molar-refractivity contribution in [3.63, 3.8) is 0 Å². The average molecular weight is 220 g/mol. The number of nitriles is 1. The zero-order valence-electron chi connectivity index (χ0n) is 8.78. The van der Waals surface area contributed by atoms with E-state index in [2.05, 4.69) is 11.9 Å². The topological polar surface area (TPSA) is 56.0 Å². The maximum atomic E-state index is 12.9. The van der Waals surface area contributed by atoms with Crippen molar-refractivity contribution in [1.29, 1.82) is 5.26 Å². The molecule has 0 aromatic heterocycles. The van der Waals surface area contributed by atoms with Gasteiger partial charge in [0.2, 0.25) is 0 Å². The first-order valence-electron chi connectivity index (χ1n) is 4.89. The van der Waals surface area contributed by atoms with E-state index in [4.69, 9.17) is 10.4 Å². The smallest absolute Gasteiger partial charge is 0.124 e. The summed E-state index contributed by atoms with van der Waals surface area (Å²) >= 11 is 0. The van der Waals surface area contributed by atoms with Crippen LogP contribution < -0.4 is 5.32 Å². The van der Waals surface area contributed by atoms with E-state index in [9.17, 15) is 4.39 Å². The molecule has 0 amide bonds. The number of aliphatic hydroxyl groups is 1. The molecule has 0 aliphatic heterocycles. The Labute approximate surface area is 93.8 Å². The Bertz CT molecular complexity index is 412. The number of nitrogens with one attached hydrogen (secondary N) is 1. The standard InChI is InChI=1S/C12H13FN2O/c1-2-3-11(8-16)15-12-5-4-10(13)6-9(12)7-14/h2,4-6,11,15-16H,1,3,8H2/t11-/m0/s1. The number of hydrogen-bond acceptors (Lipinski definition) is 3. The molecule has 1 atom stereocenters. The number of nitrogens with zero attached hydrogens (tertiary/aromatic N) is 1. The molecule has 1 aromatic rings. The number of benzene rings is 1. The lowest BCUT2D eigenvalue weighted by Crippen LogP contribution is -2.23. The maximum Gasteiger partial charge on any atom is 0.124 e. The minimum atomic E-state index is -0.452. The number of anilines is 1. The molecule has 0 aliphatic carbocycles. The van der Waals surface area contributed by atoms with Gasteiger partial charge in [-0.15, -0.1) is 6.58 Å². The van der Waals surface area contributed by atoms with Crippen LogP contribution >= 0.6 is 0 Å². The van der Waals surface area contributed by atoms with Crippen LogP contribution in [0.15, 0.2) is 30.9 Å². The summed E-state index contributed by atoms with van der Waals surface area (Å²) in [7, 11) is 0. The van der Waals surface area contributed by atoms with Crippen LogP contribution in [0.4, 0.5) is 10.1 Å². The van der Waals surface area contributed by atoms with Gasteiger partial charge in [0.05, 0.1) is 23.9 Å². The summed E-state index contributed by atoms with van der Waals surface area (Å²) in [5, 5.41) is 20.9. The fourth-order valence-corrected chi connectivity index (χ4v) is 1.34. The Morgan fingerprint density at radius 1 is 1.62 bits per heavy atom. The summed E-state index contributed by atoms with van der Waals surface area (Å²) in [6.45, 7) is 3.50. The van der Waals surface area contributed by atoms with Crippen LogP contribution in [0.25, 0.3) is 0 Å². The third-order valence-corrected chi connectivity index (χ3v) is 2.13. The predicted octanol–water partition coefficient (Wildman–Crippen LogP) is 2.05. The molecule has 0 fully saturated rings. The highest BCUT2D eigenvalue weighted by Gasteiger charge is 2.09. The summed E-state index contributed by atoms with van der Waals surface area (Å²) in [5.41, 5.74) is 0.743. The summed E-state index contributed by atoms with van der Waals surface area (Å²) in [6, 6.07) is 5.60. The van der Waals surface area contributed by atoms with E-state index >= 15 is 0 Å². The van der Waals surface area contributed by atoms with Crippen LogP contribution in [0.2, 0.25) is 0 Å². The van der Waals surface area contributed by atoms with Gasteiger partial charge in [-0.3, -0.25) is 0 Å². The van der Waals surface area contributed by atoms with Crippen molar-refractivity contribution in [2.24, 2.45) is 0 Å². The molecule has 84 valence electrons. The third-order valence-electron chi connectivity index (χ3n) is 2.13. The Morgan fingerprint density at radius 2 is 2.38 bits per heavy atom. The molecule has 4 heteroatoms. The second kappa shape index (κ2) is 5.89. The lowest BCUT2D eigenvalue weighted by molar-refractivity contribution is 0.275. The molecule has 1 rings (SSSR count). The molecule has 0 unspecified atom stereocenters. The van der Waals surface area contributed by atoms with Crippen molar-refractivity contribution < 1.29 is 9.50 Å². The van der Waals surface area contributed by atoms with E-state index in [0.717, 1.165) is 6.07 Å². The Kier molecular flexibility index (Phi) is 4.49. The van der Waals surface area contributed by atoms with E-state index in [1.807, 2.05) is 6.07 Å². The number of halogens is 1. The van der Waals surface area contributed by atoms with Gasteiger partial charge in [0.25, 0.3) is 0 Å². The van der Waals surface area contributed by atoms with Gasteiger partial charge in [-0.05, 0) is 24.6 Å². The normalized spacial score (nSPS) is 11.6. The van der Waals surface area contributed by atoms with Gasteiger partial charge in [-0.25, -0.2) is 4.39 Å². The third kappa shape index (κ3) is 3.07. The predicted molar refractivity (Wildman–Crippen MR) is 60.4 cm³/mol. The van der Waals surface area contributed by atoms with Gasteiger partial charge in [-0.2, -0.15) is 5.26 Å². The van der Waals surface area contributed by atoms with Crippen molar-refractivity contribution in [2.75, 3.05) is 11.9 Å². The van der Waals surface area contributed by atoms with Gasteiger partial charge in [-0.1, -0.05) is 6.08 Å². The molecule has 16 heavy (non-hydrogen) atoms. The molecule has 0 bridgehead atoms. The minimum Gasteiger partial charge on any atom is -0.394 e. The molecule has 1 aromatic carbocycles. The molecular weight excluding hydrogens is 207 g/mol. The molecular formula is C12H13FN2O. The summed E-state index contributed by atoms with van der Waals surface area (Å²) < 4.78 is 12.9. The summed E-state index contributed by atoms with van der Waals surface area (Å²) in [4.78, 5) is 0. The first kappa shape index (κ1) is 12.2. The van der Waals surface area contributed by atoms with E-state index < -0.39 is 5.82 Å². The Morgan fingerprint density at radius 3 is 2.94 bits per heavy atom. The lowest BCUT2D eigenvalue weighted by atomic mass is 10.1.